The number of nitrogens with zero attached hydrogens (tertiary/aromatic N) is 6. The van der Waals surface area contributed by atoms with Gasteiger partial charge in [-0.25, -0.2) is 15.0 Å². The number of hydrogen-bond donors (Lipinski definition) is 0. The molecule has 0 unspecified atom stereocenters. The van der Waals surface area contributed by atoms with Gasteiger partial charge < -0.3 is 18.8 Å². The number of aromatic nitrogens is 6. The third kappa shape index (κ3) is 12.2. The highest BCUT2D eigenvalue weighted by Crippen LogP contribution is 2.67. The van der Waals surface area contributed by atoms with Crippen molar-refractivity contribution in [2.45, 2.75) is 16.2 Å². The van der Waals surface area contributed by atoms with Gasteiger partial charge in [0.05, 0.1) is 50.2 Å². The summed E-state index contributed by atoms with van der Waals surface area (Å²) in [7, 11) is -3.29. The first-order chi connectivity index (χ1) is 71.2. The first kappa shape index (κ1) is 82.6. The van der Waals surface area contributed by atoms with E-state index >= 15 is 4.57 Å². The van der Waals surface area contributed by atoms with E-state index in [-0.39, 0.29) is 0 Å². The minimum atomic E-state index is -3.29. The minimum Gasteiger partial charge on any atom is -0.457 e. The number of ether oxygens (including phenoxy) is 3. The van der Waals surface area contributed by atoms with E-state index in [0.29, 0.717) is 22.9 Å². The normalized spacial score (nSPS) is 13.6. The summed E-state index contributed by atoms with van der Waals surface area (Å²) < 4.78 is 37.1. The van der Waals surface area contributed by atoms with Crippen LogP contribution in [0.25, 0.3) is 157 Å². The largest absolute Gasteiger partial charge is 0.457 e. The number of para-hydroxylation sites is 2. The molecule has 672 valence electrons. The fourth-order valence-corrected chi connectivity index (χ4v) is 27.1. The number of pyridine rings is 2. The van der Waals surface area contributed by atoms with Gasteiger partial charge in [0.15, 0.2) is 13.0 Å². The molecule has 4 aromatic heterocycles. The van der Waals surface area contributed by atoms with Crippen LogP contribution in [-0.2, 0) is 20.8 Å². The van der Waals surface area contributed by atoms with Crippen LogP contribution in [-0.4, -0.2) is 30.1 Å². The van der Waals surface area contributed by atoms with Crippen LogP contribution in [0.1, 0.15) is 66.8 Å². The Morgan fingerprint density at radius 2 is 0.556 bits per heavy atom. The maximum absolute atomic E-state index is 15.9. The van der Waals surface area contributed by atoms with Crippen molar-refractivity contribution in [2.75, 3.05) is 0 Å². The standard InChI is InChI=1S/C133H81N6O4P/c140-144(92-35-6-2-7-36-92,93-37-8-3-9-38-93)94-39-27-34-87(77-94)85-32-26-33-86(76-85)88-63-71-122-112(78-88)133(108-52-20-14-44-101(108)102-45-15-21-53-109(102)133)113-79-89(64-72-123(113)143-122)96-67-68-116(90-65-73-124-114(80-90)131(110-54-22-24-57-120(110)141-124)104-48-16-10-40-97(104)98-41-11-17-49-105(98)131)135-129(96)119-70-69-117(138-139-119)83-61-59-82(60-62-83)95-46-28-56-118-126(95)128(84-30-4-1-5-31-84)137-130(136-118)103-47-29-75-134-127(103)91-66-74-125-115(81-91)132(111-55-23-25-58-121(111)142-125)106-50-18-12-42-99(106)100-43-13-19-51-107(100)132/h1-81H. The molecule has 0 radical (unpaired) electrons. The summed E-state index contributed by atoms with van der Waals surface area (Å²) in [4.78, 5) is 22.3. The van der Waals surface area contributed by atoms with E-state index in [9.17, 15) is 0 Å². The van der Waals surface area contributed by atoms with Gasteiger partial charge in [-0.1, -0.05) is 358 Å². The summed E-state index contributed by atoms with van der Waals surface area (Å²) in [6, 6.07) is 171. The predicted molar refractivity (Wildman–Crippen MR) is 577 cm³/mol. The minimum absolute atomic E-state index is 0.555. The summed E-state index contributed by atoms with van der Waals surface area (Å²) in [6.45, 7) is 0. The molecular formula is C133H81N6O4P. The third-order valence-corrected chi connectivity index (χ3v) is 33.7. The zero-order chi connectivity index (χ0) is 94.9. The number of fused-ring (bicyclic) bond motifs is 28. The summed E-state index contributed by atoms with van der Waals surface area (Å²) >= 11 is 0. The summed E-state index contributed by atoms with van der Waals surface area (Å²) in [5, 5.41) is 13.8. The molecular weight excluding hydrogens is 1780 g/mol. The topological polar surface area (TPSA) is 122 Å². The molecule has 10 nitrogen and oxygen atoms in total. The van der Waals surface area contributed by atoms with Crippen molar-refractivity contribution < 1.29 is 18.8 Å². The van der Waals surface area contributed by atoms with Crippen molar-refractivity contribution in [2.24, 2.45) is 0 Å². The lowest BCUT2D eigenvalue weighted by Gasteiger charge is -2.40. The monoisotopic (exact) mass is 1860 g/mol. The Morgan fingerprint density at radius 3 is 1.08 bits per heavy atom. The average molecular weight is 1860 g/mol. The van der Waals surface area contributed by atoms with Gasteiger partial charge in [-0.15, -0.1) is 10.2 Å². The van der Waals surface area contributed by atoms with Crippen LogP contribution < -0.4 is 30.1 Å². The Bertz CT molecular complexity index is 9190. The molecule has 0 saturated heterocycles. The van der Waals surface area contributed by atoms with E-state index in [2.05, 4.69) is 400 Å². The van der Waals surface area contributed by atoms with E-state index in [1.54, 1.807) is 0 Å². The number of rotatable bonds is 13. The van der Waals surface area contributed by atoms with Gasteiger partial charge in [-0.05, 0) is 233 Å². The lowest BCUT2D eigenvalue weighted by atomic mass is 9.65. The fourth-order valence-electron chi connectivity index (χ4n) is 24.4. The van der Waals surface area contributed by atoms with E-state index in [0.717, 1.165) is 206 Å². The van der Waals surface area contributed by atoms with E-state index in [1.165, 1.54) is 44.5 Å². The molecule has 3 aliphatic carbocycles. The van der Waals surface area contributed by atoms with Gasteiger partial charge in [-0.3, -0.25) is 4.98 Å². The van der Waals surface area contributed by atoms with Gasteiger partial charge >= 0.3 is 0 Å². The zero-order valence-electron chi connectivity index (χ0n) is 77.5. The quantitative estimate of drug-likeness (QED) is 0.103. The highest BCUT2D eigenvalue weighted by molar-refractivity contribution is 7.85. The second kappa shape index (κ2) is 32.3. The molecule has 19 aromatic carbocycles. The smallest absolute Gasteiger partial charge is 0.171 e. The Balaban J connectivity index is 0.550. The molecule has 6 aliphatic rings. The lowest BCUT2D eigenvalue weighted by Crippen LogP contribution is -2.32. The maximum Gasteiger partial charge on any atom is 0.171 e. The molecule has 0 amide bonds. The molecule has 7 heterocycles. The Morgan fingerprint density at radius 1 is 0.194 bits per heavy atom. The first-order valence-corrected chi connectivity index (χ1v) is 50.5. The Hall–Kier alpha value is -18.5. The zero-order valence-corrected chi connectivity index (χ0v) is 78.4. The molecule has 3 aliphatic heterocycles. The third-order valence-electron chi connectivity index (χ3n) is 30.6. The van der Waals surface area contributed by atoms with E-state index in [4.69, 9.17) is 44.3 Å². The maximum atomic E-state index is 15.9. The van der Waals surface area contributed by atoms with Crippen molar-refractivity contribution in [1.29, 1.82) is 0 Å². The molecule has 3 spiro atoms. The van der Waals surface area contributed by atoms with Crippen molar-refractivity contribution in [3.8, 4) is 180 Å². The summed E-state index contributed by atoms with van der Waals surface area (Å²) in [5.41, 5.74) is 35.5. The Labute approximate surface area is 831 Å². The van der Waals surface area contributed by atoms with Crippen molar-refractivity contribution in [1.82, 2.24) is 30.1 Å². The summed E-state index contributed by atoms with van der Waals surface area (Å²) in [6.07, 6.45) is 1.86. The van der Waals surface area contributed by atoms with Gasteiger partial charge in [0, 0.05) is 94.3 Å². The van der Waals surface area contributed by atoms with Crippen LogP contribution in [0, 0.1) is 0 Å². The second-order valence-corrected chi connectivity index (χ2v) is 40.7. The van der Waals surface area contributed by atoms with Crippen molar-refractivity contribution >= 4 is 34.0 Å². The van der Waals surface area contributed by atoms with Crippen LogP contribution in [0.4, 0.5) is 0 Å². The average Bonchev–Trinajstić information content (AvgIpc) is 1.52. The Kier molecular flexibility index (Phi) is 18.5. The highest BCUT2D eigenvalue weighted by Gasteiger charge is 2.55. The van der Waals surface area contributed by atoms with Gasteiger partial charge in [-0.2, -0.15) is 0 Å². The van der Waals surface area contributed by atoms with Crippen molar-refractivity contribution in [3.05, 3.63) is 558 Å². The molecule has 144 heavy (non-hydrogen) atoms. The molecule has 0 bridgehead atoms. The molecule has 0 fully saturated rings. The van der Waals surface area contributed by atoms with E-state index < -0.39 is 23.4 Å². The highest BCUT2D eigenvalue weighted by atomic mass is 31.2. The summed E-state index contributed by atoms with van der Waals surface area (Å²) in [5.74, 6) is 5.31. The number of benzene rings is 19. The van der Waals surface area contributed by atoms with E-state index in [1.807, 2.05) is 91.1 Å². The van der Waals surface area contributed by atoms with Crippen molar-refractivity contribution in [3.63, 3.8) is 0 Å². The van der Waals surface area contributed by atoms with Crippen LogP contribution in [0.3, 0.4) is 0 Å². The van der Waals surface area contributed by atoms with Crippen LogP contribution in [0.5, 0.6) is 34.5 Å². The van der Waals surface area contributed by atoms with Gasteiger partial charge in [0.2, 0.25) is 0 Å². The predicted octanol–water partition coefficient (Wildman–Crippen LogP) is 30.9. The van der Waals surface area contributed by atoms with Gasteiger partial charge in [0.1, 0.15) is 40.2 Å². The second-order valence-electron chi connectivity index (χ2n) is 37.9. The van der Waals surface area contributed by atoms with Crippen LogP contribution in [0.2, 0.25) is 0 Å². The SMILES string of the molecule is O=P(c1ccccc1)(c1ccccc1)c1cccc(-c2cccc(-c3ccc4c(c3)C3(c5cc(-c6ccc(-c7ccc8c(c7)C7(c9ccccc9O8)c8ccccc8-c8ccccc87)nc6-c6ccc(-c7ccc(-c8cccc9nc(-c%10cccnc%10-c%10ccc%11c(c%10)C%10(c%12ccccc%12O%11)c%11ccccc%11-c%11ccccc%11%10)nc(-c%10ccccc%10)c89)cc7)nn6)ccc5O4)c4ccccc4-c4ccccc43)c2)c1. The molecule has 0 N–H and O–H groups in total. The molecule has 11 heteroatoms. The molecule has 0 saturated carbocycles. The lowest BCUT2D eigenvalue weighted by molar-refractivity contribution is 0.436. The van der Waals surface area contributed by atoms with Gasteiger partial charge in [0.25, 0.3) is 0 Å². The van der Waals surface area contributed by atoms with Crippen LogP contribution >= 0.6 is 7.14 Å². The first-order valence-electron chi connectivity index (χ1n) is 48.8. The van der Waals surface area contributed by atoms with Crippen LogP contribution in [0.15, 0.2) is 492 Å². The fraction of sp³-hybridized carbons (Fsp3) is 0.0226. The molecule has 0 atom stereocenters. The number of hydrogen-bond acceptors (Lipinski definition) is 10. The molecule has 23 aromatic rings. The molecule has 29 rings (SSSR count).